The lowest BCUT2D eigenvalue weighted by Crippen LogP contribution is -2.51. The number of carboxylic acid groups (broad SMARTS) is 2. The molecule has 1 heterocycles. The molecule has 0 saturated carbocycles. The molecule has 9 nitrogen and oxygen atoms in total. The maximum atomic E-state index is 16.5. The van der Waals surface area contributed by atoms with Crippen molar-refractivity contribution in [1.82, 2.24) is 10.6 Å². The van der Waals surface area contributed by atoms with Crippen LogP contribution in [0.3, 0.4) is 0 Å². The van der Waals surface area contributed by atoms with Crippen molar-refractivity contribution in [2.75, 3.05) is 19.0 Å². The van der Waals surface area contributed by atoms with Gasteiger partial charge < -0.3 is 30.9 Å². The molecule has 1 amide bonds. The summed E-state index contributed by atoms with van der Waals surface area (Å²) in [7, 11) is 1.33. The van der Waals surface area contributed by atoms with Gasteiger partial charge in [-0.3, -0.25) is 4.79 Å². The summed E-state index contributed by atoms with van der Waals surface area (Å²) in [5.74, 6) is -5.45. The van der Waals surface area contributed by atoms with E-state index in [1.54, 1.807) is 24.3 Å². The normalized spacial score (nSPS) is 20.0. The molecular weight excluding hydrogens is 715 g/mol. The average Bonchev–Trinajstić information content (AvgIpc) is 3.38. The maximum absolute atomic E-state index is 16.5. The number of carboxylic acids is 2. The van der Waals surface area contributed by atoms with Crippen LogP contribution >= 0.6 is 23.2 Å². The number of ether oxygens (including phenoxy) is 1. The van der Waals surface area contributed by atoms with Gasteiger partial charge in [-0.15, -0.1) is 0 Å². The van der Waals surface area contributed by atoms with Crippen molar-refractivity contribution in [2.45, 2.75) is 57.2 Å². The molecule has 0 spiro atoms. The van der Waals surface area contributed by atoms with Crippen LogP contribution < -0.4 is 20.7 Å². The van der Waals surface area contributed by atoms with Gasteiger partial charge in [-0.05, 0) is 71.0 Å². The van der Waals surface area contributed by atoms with Gasteiger partial charge in [-0.2, -0.15) is 0 Å². The predicted molar refractivity (Wildman–Crippen MR) is 196 cm³/mol. The van der Waals surface area contributed by atoms with Crippen LogP contribution in [0, 0.1) is 17.0 Å². The number of hydrogen-bond acceptors (Lipinski definition) is 6. The molecule has 4 atom stereocenters. The molecule has 0 radical (unpaired) electrons. The Kier molecular flexibility index (Phi) is 11.6. The third-order valence-corrected chi connectivity index (χ3v) is 9.95. The van der Waals surface area contributed by atoms with Gasteiger partial charge in [0.05, 0.1) is 35.0 Å². The Labute approximate surface area is 310 Å². The van der Waals surface area contributed by atoms with Crippen molar-refractivity contribution in [3.8, 4) is 5.75 Å². The SMILES string of the molecule is COc1cc(C(=O)O)ccc1NC(=O)[C@@H]1N[C@@H](CC(C)(C)C)[C@](CNCc2ccccc2C(=O)O)(c2ccc(Cl)cc2F)[C@H]1c1cccc(Cl)c1F. The monoisotopic (exact) mass is 753 g/mol. The molecule has 5 N–H and O–H groups in total. The number of methoxy groups -OCH3 is 1. The van der Waals surface area contributed by atoms with Gasteiger partial charge in [0.25, 0.3) is 0 Å². The van der Waals surface area contributed by atoms with Crippen LogP contribution in [0.4, 0.5) is 14.5 Å². The minimum Gasteiger partial charge on any atom is -0.495 e. The number of amides is 1. The Morgan fingerprint density at radius 1 is 0.942 bits per heavy atom. The first-order valence-electron chi connectivity index (χ1n) is 16.5. The number of benzene rings is 4. The van der Waals surface area contributed by atoms with Crippen LogP contribution in [0.25, 0.3) is 0 Å². The van der Waals surface area contributed by atoms with Gasteiger partial charge in [0, 0.05) is 35.5 Å². The highest BCUT2D eigenvalue weighted by Crippen LogP contribution is 2.53. The molecule has 5 rings (SSSR count). The third kappa shape index (κ3) is 7.92. The fourth-order valence-electron chi connectivity index (χ4n) is 7.25. The topological polar surface area (TPSA) is 137 Å². The molecule has 1 saturated heterocycles. The summed E-state index contributed by atoms with van der Waals surface area (Å²) in [6.45, 7) is 5.98. The van der Waals surface area contributed by atoms with E-state index in [1.165, 1.54) is 61.7 Å². The predicted octanol–water partition coefficient (Wildman–Crippen LogP) is 7.90. The molecule has 52 heavy (non-hydrogen) atoms. The fraction of sp³-hybridized carbons (Fsp3) is 0.308. The van der Waals surface area contributed by atoms with E-state index in [0.717, 1.165) is 0 Å². The fourth-order valence-corrected chi connectivity index (χ4v) is 7.59. The van der Waals surface area contributed by atoms with Crippen molar-refractivity contribution in [1.29, 1.82) is 0 Å². The van der Waals surface area contributed by atoms with Crippen LogP contribution in [0.15, 0.2) is 78.9 Å². The summed E-state index contributed by atoms with van der Waals surface area (Å²) in [6, 6.07) is 17.2. The molecule has 1 aliphatic rings. The van der Waals surface area contributed by atoms with Crippen LogP contribution in [-0.4, -0.2) is 53.8 Å². The Hall–Kier alpha value is -4.55. The smallest absolute Gasteiger partial charge is 0.336 e. The second-order valence-electron chi connectivity index (χ2n) is 14.0. The van der Waals surface area contributed by atoms with E-state index >= 15 is 8.78 Å². The van der Waals surface area contributed by atoms with E-state index < -0.39 is 58.3 Å². The van der Waals surface area contributed by atoms with Crippen molar-refractivity contribution >= 4 is 46.7 Å². The molecule has 0 aromatic heterocycles. The van der Waals surface area contributed by atoms with Crippen molar-refractivity contribution in [3.05, 3.63) is 128 Å². The maximum Gasteiger partial charge on any atom is 0.336 e. The Balaban J connectivity index is 1.73. The molecular formula is C39H39Cl2F2N3O6. The number of nitrogens with one attached hydrogen (secondary N) is 3. The summed E-state index contributed by atoms with van der Waals surface area (Å²) in [5.41, 5.74) is -0.980. The number of anilines is 1. The quantitative estimate of drug-likeness (QED) is 0.0985. The summed E-state index contributed by atoms with van der Waals surface area (Å²) < 4.78 is 38.3. The highest BCUT2D eigenvalue weighted by Gasteiger charge is 2.60. The number of carbonyl (C=O) groups excluding carboxylic acids is 1. The lowest BCUT2D eigenvalue weighted by atomic mass is 9.61. The molecule has 13 heteroatoms. The highest BCUT2D eigenvalue weighted by atomic mass is 35.5. The Morgan fingerprint density at radius 2 is 1.67 bits per heavy atom. The zero-order chi connectivity index (χ0) is 38.0. The molecule has 4 aromatic rings. The van der Waals surface area contributed by atoms with E-state index in [-0.39, 0.29) is 56.8 Å². The van der Waals surface area contributed by atoms with Crippen LogP contribution in [0.5, 0.6) is 5.75 Å². The second-order valence-corrected chi connectivity index (χ2v) is 14.9. The van der Waals surface area contributed by atoms with Gasteiger partial charge >= 0.3 is 11.9 Å². The largest absolute Gasteiger partial charge is 0.495 e. The van der Waals surface area contributed by atoms with E-state index in [9.17, 15) is 24.6 Å². The van der Waals surface area contributed by atoms with Gasteiger partial charge in [-0.1, -0.05) is 80.4 Å². The summed E-state index contributed by atoms with van der Waals surface area (Å²) in [5, 5.41) is 28.9. The summed E-state index contributed by atoms with van der Waals surface area (Å²) in [6.07, 6.45) is 0.377. The highest BCUT2D eigenvalue weighted by molar-refractivity contribution is 6.31. The zero-order valence-electron chi connectivity index (χ0n) is 28.9. The second kappa shape index (κ2) is 15.6. The number of halogens is 4. The first kappa shape index (κ1) is 38.7. The van der Waals surface area contributed by atoms with Crippen LogP contribution in [0.2, 0.25) is 10.0 Å². The molecule has 0 bridgehead atoms. The molecule has 0 aliphatic carbocycles. The zero-order valence-corrected chi connectivity index (χ0v) is 30.4. The molecule has 0 unspecified atom stereocenters. The summed E-state index contributed by atoms with van der Waals surface area (Å²) >= 11 is 12.6. The number of aromatic carboxylic acids is 2. The first-order valence-corrected chi connectivity index (χ1v) is 17.2. The van der Waals surface area contributed by atoms with Crippen molar-refractivity contribution < 1.29 is 38.1 Å². The molecule has 1 fully saturated rings. The lowest BCUT2D eigenvalue weighted by molar-refractivity contribution is -0.118. The molecule has 1 aliphatic heterocycles. The minimum absolute atomic E-state index is 0.0480. The van der Waals surface area contributed by atoms with Gasteiger partial charge in [0.15, 0.2) is 0 Å². The lowest BCUT2D eigenvalue weighted by Gasteiger charge is -2.43. The summed E-state index contributed by atoms with van der Waals surface area (Å²) in [4.78, 5) is 38.2. The Morgan fingerprint density at radius 3 is 2.33 bits per heavy atom. The van der Waals surface area contributed by atoms with Gasteiger partial charge in [-0.25, -0.2) is 18.4 Å². The van der Waals surface area contributed by atoms with Crippen molar-refractivity contribution in [3.63, 3.8) is 0 Å². The van der Waals surface area contributed by atoms with E-state index in [0.29, 0.717) is 12.0 Å². The molecule has 4 aromatic carbocycles. The van der Waals surface area contributed by atoms with Crippen molar-refractivity contribution in [2.24, 2.45) is 5.41 Å². The third-order valence-electron chi connectivity index (χ3n) is 9.43. The van der Waals surface area contributed by atoms with E-state index in [2.05, 4.69) is 16.0 Å². The Bertz CT molecular complexity index is 2010. The van der Waals surface area contributed by atoms with Gasteiger partial charge in [0.2, 0.25) is 5.91 Å². The number of rotatable bonds is 12. The first-order chi connectivity index (χ1) is 24.6. The van der Waals surface area contributed by atoms with Crippen LogP contribution in [0.1, 0.15) is 70.5 Å². The molecule has 274 valence electrons. The van der Waals surface area contributed by atoms with Gasteiger partial charge in [0.1, 0.15) is 17.4 Å². The number of carbonyl (C=O) groups is 3. The minimum atomic E-state index is -1.43. The standard InChI is InChI=1S/C39H39Cl2F2N3O6/c1-38(2,3)18-31-39(26-14-13-23(40)17-28(26)42,20-44-19-22-8-5-6-9-24(22)37(50)51)32(25-10-7-11-27(41)33(25)43)34(46-31)35(47)45-29-15-12-21(36(48)49)16-30(29)52-4/h5-17,31-32,34,44,46H,18-20H2,1-4H3,(H,45,47)(H,48,49)(H,50,51)/t31-,32-,34+,39-/m0/s1. The average molecular weight is 755 g/mol. The van der Waals surface area contributed by atoms with E-state index in [4.69, 9.17) is 27.9 Å². The van der Waals surface area contributed by atoms with Crippen LogP contribution in [-0.2, 0) is 16.8 Å². The number of hydrogen-bond donors (Lipinski definition) is 5. The van der Waals surface area contributed by atoms with E-state index in [1.807, 2.05) is 20.8 Å².